The first-order valence-corrected chi connectivity index (χ1v) is 8.33. The van der Waals surface area contributed by atoms with E-state index in [0.29, 0.717) is 16.5 Å². The number of nitrogens with zero attached hydrogens (tertiary/aromatic N) is 3. The molecule has 1 fully saturated rings. The number of likely N-dealkylation sites (N-methyl/N-ethyl adjacent to an activating group) is 1. The number of aromatic nitrogens is 1. The van der Waals surface area contributed by atoms with Gasteiger partial charge in [-0.3, -0.25) is 4.79 Å². The van der Waals surface area contributed by atoms with Gasteiger partial charge < -0.3 is 14.5 Å². The molecule has 0 bridgehead atoms. The standard InChI is InChI=1S/C16H19N3O2S/c1-2-18-8-10-19(11-9-18)15(20)13-3-5-14(6-4-13)21-16-17-7-12-22-16/h3-7,12H,2,8-11H2,1H3. The molecule has 0 aliphatic carbocycles. The second-order valence-electron chi connectivity index (χ2n) is 5.15. The number of piperazine rings is 1. The number of amides is 1. The summed E-state index contributed by atoms with van der Waals surface area (Å²) < 4.78 is 5.60. The Labute approximate surface area is 134 Å². The van der Waals surface area contributed by atoms with E-state index >= 15 is 0 Å². The zero-order valence-corrected chi connectivity index (χ0v) is 13.4. The molecule has 5 nitrogen and oxygen atoms in total. The molecule has 22 heavy (non-hydrogen) atoms. The highest BCUT2D eigenvalue weighted by Crippen LogP contribution is 2.23. The summed E-state index contributed by atoms with van der Waals surface area (Å²) in [7, 11) is 0. The average Bonchev–Trinajstić information content (AvgIpc) is 3.08. The minimum atomic E-state index is 0.0940. The molecule has 2 aromatic rings. The third-order valence-corrected chi connectivity index (χ3v) is 4.47. The molecule has 1 amide bonds. The van der Waals surface area contributed by atoms with Gasteiger partial charge in [0.15, 0.2) is 0 Å². The predicted octanol–water partition coefficient (Wildman–Crippen LogP) is 2.71. The van der Waals surface area contributed by atoms with Crippen molar-refractivity contribution in [1.29, 1.82) is 0 Å². The van der Waals surface area contributed by atoms with Crippen LogP contribution in [-0.4, -0.2) is 53.4 Å². The normalized spacial score (nSPS) is 15.8. The molecule has 3 rings (SSSR count). The van der Waals surface area contributed by atoms with Crippen LogP contribution < -0.4 is 4.74 Å². The van der Waals surface area contributed by atoms with Crippen molar-refractivity contribution in [2.75, 3.05) is 32.7 Å². The number of hydrogen-bond acceptors (Lipinski definition) is 5. The highest BCUT2D eigenvalue weighted by Gasteiger charge is 2.21. The Morgan fingerprint density at radius 3 is 2.55 bits per heavy atom. The van der Waals surface area contributed by atoms with Crippen LogP contribution >= 0.6 is 11.3 Å². The van der Waals surface area contributed by atoms with Crippen molar-refractivity contribution in [3.05, 3.63) is 41.4 Å². The summed E-state index contributed by atoms with van der Waals surface area (Å²) in [5, 5.41) is 2.47. The molecule has 0 N–H and O–H groups in total. The number of thiazole rings is 1. The lowest BCUT2D eigenvalue weighted by Crippen LogP contribution is -2.48. The lowest BCUT2D eigenvalue weighted by atomic mass is 10.1. The first-order valence-electron chi connectivity index (χ1n) is 7.45. The van der Waals surface area contributed by atoms with Gasteiger partial charge in [0, 0.05) is 43.3 Å². The van der Waals surface area contributed by atoms with Gasteiger partial charge in [-0.2, -0.15) is 0 Å². The number of carbonyl (C=O) groups is 1. The lowest BCUT2D eigenvalue weighted by molar-refractivity contribution is 0.0643. The second-order valence-corrected chi connectivity index (χ2v) is 6.01. The van der Waals surface area contributed by atoms with Gasteiger partial charge in [-0.25, -0.2) is 4.98 Å². The van der Waals surface area contributed by atoms with Crippen LogP contribution in [0.3, 0.4) is 0 Å². The first kappa shape index (κ1) is 15.0. The van der Waals surface area contributed by atoms with Crippen molar-refractivity contribution in [3.8, 4) is 10.9 Å². The van der Waals surface area contributed by atoms with Gasteiger partial charge in [-0.1, -0.05) is 18.3 Å². The lowest BCUT2D eigenvalue weighted by Gasteiger charge is -2.34. The smallest absolute Gasteiger partial charge is 0.278 e. The van der Waals surface area contributed by atoms with E-state index in [1.165, 1.54) is 11.3 Å². The molecule has 1 aliphatic rings. The molecule has 0 saturated carbocycles. The van der Waals surface area contributed by atoms with Crippen LogP contribution in [-0.2, 0) is 0 Å². The molecule has 1 aliphatic heterocycles. The first-order chi connectivity index (χ1) is 10.8. The van der Waals surface area contributed by atoms with Gasteiger partial charge in [0.25, 0.3) is 11.1 Å². The zero-order valence-electron chi connectivity index (χ0n) is 12.6. The van der Waals surface area contributed by atoms with Gasteiger partial charge in [0.05, 0.1) is 0 Å². The third kappa shape index (κ3) is 3.45. The van der Waals surface area contributed by atoms with Gasteiger partial charge in [-0.05, 0) is 30.8 Å². The molecule has 6 heteroatoms. The van der Waals surface area contributed by atoms with Crippen LogP contribution in [0.15, 0.2) is 35.8 Å². The molecule has 1 aromatic carbocycles. The topological polar surface area (TPSA) is 45.7 Å². The van der Waals surface area contributed by atoms with Crippen LogP contribution in [0.25, 0.3) is 0 Å². The van der Waals surface area contributed by atoms with Crippen molar-refractivity contribution in [3.63, 3.8) is 0 Å². The fourth-order valence-electron chi connectivity index (χ4n) is 2.48. The molecule has 0 unspecified atom stereocenters. The molecule has 0 atom stereocenters. The Morgan fingerprint density at radius 1 is 1.23 bits per heavy atom. The van der Waals surface area contributed by atoms with Crippen molar-refractivity contribution in [1.82, 2.24) is 14.8 Å². The van der Waals surface area contributed by atoms with Crippen molar-refractivity contribution in [2.24, 2.45) is 0 Å². The minimum Gasteiger partial charge on any atom is -0.431 e. The maximum Gasteiger partial charge on any atom is 0.278 e. The molecule has 116 valence electrons. The predicted molar refractivity (Wildman–Crippen MR) is 86.6 cm³/mol. The van der Waals surface area contributed by atoms with E-state index in [1.807, 2.05) is 34.5 Å². The second kappa shape index (κ2) is 6.89. The van der Waals surface area contributed by atoms with E-state index < -0.39 is 0 Å². The van der Waals surface area contributed by atoms with Gasteiger partial charge in [-0.15, -0.1) is 0 Å². The highest BCUT2D eigenvalue weighted by molar-refractivity contribution is 7.11. The molecule has 0 radical (unpaired) electrons. The maximum atomic E-state index is 12.5. The van der Waals surface area contributed by atoms with Crippen LogP contribution in [0.4, 0.5) is 0 Å². The monoisotopic (exact) mass is 317 g/mol. The molecule has 0 spiro atoms. The summed E-state index contributed by atoms with van der Waals surface area (Å²) in [6.07, 6.45) is 1.70. The summed E-state index contributed by atoms with van der Waals surface area (Å²) in [5.74, 6) is 0.791. The number of carbonyl (C=O) groups excluding carboxylic acids is 1. The van der Waals surface area contributed by atoms with E-state index in [0.717, 1.165) is 32.7 Å². The molecule has 1 aromatic heterocycles. The quantitative estimate of drug-likeness (QED) is 0.870. The van der Waals surface area contributed by atoms with Crippen molar-refractivity contribution >= 4 is 17.2 Å². The van der Waals surface area contributed by atoms with Gasteiger partial charge >= 0.3 is 0 Å². The summed E-state index contributed by atoms with van der Waals surface area (Å²) >= 11 is 1.44. The van der Waals surface area contributed by atoms with E-state index in [4.69, 9.17) is 4.74 Å². The van der Waals surface area contributed by atoms with E-state index in [2.05, 4.69) is 16.8 Å². The van der Waals surface area contributed by atoms with E-state index in [-0.39, 0.29) is 5.91 Å². The van der Waals surface area contributed by atoms with Gasteiger partial charge in [0.1, 0.15) is 5.75 Å². The SMILES string of the molecule is CCN1CCN(C(=O)c2ccc(Oc3nccs3)cc2)CC1. The Balaban J connectivity index is 1.61. The van der Waals surface area contributed by atoms with Crippen molar-refractivity contribution < 1.29 is 9.53 Å². The molecule has 1 saturated heterocycles. The van der Waals surface area contributed by atoms with Crippen LogP contribution in [0, 0.1) is 0 Å². The summed E-state index contributed by atoms with van der Waals surface area (Å²) in [5.41, 5.74) is 0.705. The van der Waals surface area contributed by atoms with E-state index in [9.17, 15) is 4.79 Å². The minimum absolute atomic E-state index is 0.0940. The highest BCUT2D eigenvalue weighted by atomic mass is 32.1. The fourth-order valence-corrected chi connectivity index (χ4v) is 2.98. The maximum absolute atomic E-state index is 12.5. The molecular formula is C16H19N3O2S. The van der Waals surface area contributed by atoms with Crippen LogP contribution in [0.5, 0.6) is 10.9 Å². The van der Waals surface area contributed by atoms with Gasteiger partial charge in [0.2, 0.25) is 0 Å². The average molecular weight is 317 g/mol. The summed E-state index contributed by atoms with van der Waals surface area (Å²) in [4.78, 5) is 20.8. The Hall–Kier alpha value is -1.92. The van der Waals surface area contributed by atoms with Crippen molar-refractivity contribution in [2.45, 2.75) is 6.92 Å². The number of benzene rings is 1. The summed E-state index contributed by atoms with van der Waals surface area (Å²) in [6, 6.07) is 7.27. The number of rotatable bonds is 4. The Bertz CT molecular complexity index is 605. The van der Waals surface area contributed by atoms with Crippen LogP contribution in [0.2, 0.25) is 0 Å². The fraction of sp³-hybridized carbons (Fsp3) is 0.375. The number of hydrogen-bond donors (Lipinski definition) is 0. The zero-order chi connectivity index (χ0) is 15.4. The Morgan fingerprint density at radius 2 is 1.95 bits per heavy atom. The Kier molecular flexibility index (Phi) is 4.70. The third-order valence-electron chi connectivity index (χ3n) is 3.82. The molecule has 2 heterocycles. The van der Waals surface area contributed by atoms with E-state index in [1.54, 1.807) is 6.20 Å². The summed E-state index contributed by atoms with van der Waals surface area (Å²) in [6.45, 7) is 6.69. The number of ether oxygens (including phenoxy) is 1. The van der Waals surface area contributed by atoms with Crippen LogP contribution in [0.1, 0.15) is 17.3 Å². The largest absolute Gasteiger partial charge is 0.431 e. The molecular weight excluding hydrogens is 298 g/mol.